The van der Waals surface area contributed by atoms with Crippen molar-refractivity contribution >= 4 is 5.97 Å². The van der Waals surface area contributed by atoms with Crippen molar-refractivity contribution in [3.8, 4) is 0 Å². The minimum atomic E-state index is -1.01. The van der Waals surface area contributed by atoms with E-state index in [1.54, 1.807) is 0 Å². The highest BCUT2D eigenvalue weighted by Gasteiger charge is 2.10. The van der Waals surface area contributed by atoms with Crippen LogP contribution in [0.15, 0.2) is 6.20 Å². The SMILES string of the molecule is C[C@H](O)c1cnnn1CC(=O)O. The largest absolute Gasteiger partial charge is 0.480 e. The van der Waals surface area contributed by atoms with Gasteiger partial charge in [-0.1, -0.05) is 5.21 Å². The molecule has 0 unspecified atom stereocenters. The van der Waals surface area contributed by atoms with Crippen molar-refractivity contribution in [3.05, 3.63) is 11.9 Å². The zero-order valence-corrected chi connectivity index (χ0v) is 6.51. The number of carboxylic acids is 1. The minimum absolute atomic E-state index is 0.278. The van der Waals surface area contributed by atoms with Gasteiger partial charge in [0.1, 0.15) is 6.54 Å². The lowest BCUT2D eigenvalue weighted by Crippen LogP contribution is -2.14. The summed E-state index contributed by atoms with van der Waals surface area (Å²) in [6.45, 7) is 1.25. The highest BCUT2D eigenvalue weighted by molar-refractivity contribution is 5.66. The van der Waals surface area contributed by atoms with Crippen LogP contribution < -0.4 is 0 Å². The second-order valence-electron chi connectivity index (χ2n) is 2.39. The number of aromatic nitrogens is 3. The summed E-state index contributed by atoms with van der Waals surface area (Å²) in [5, 5.41) is 24.5. The maximum Gasteiger partial charge on any atom is 0.325 e. The Labute approximate surface area is 68.4 Å². The van der Waals surface area contributed by atoms with Gasteiger partial charge in [-0.25, -0.2) is 4.68 Å². The molecule has 1 heterocycles. The maximum absolute atomic E-state index is 10.3. The summed E-state index contributed by atoms with van der Waals surface area (Å²) in [7, 11) is 0. The zero-order valence-electron chi connectivity index (χ0n) is 6.51. The lowest BCUT2D eigenvalue weighted by atomic mass is 10.3. The Morgan fingerprint density at radius 1 is 1.83 bits per heavy atom. The van der Waals surface area contributed by atoms with E-state index in [9.17, 15) is 4.79 Å². The van der Waals surface area contributed by atoms with Crippen LogP contribution in [0.1, 0.15) is 18.7 Å². The highest BCUT2D eigenvalue weighted by Crippen LogP contribution is 2.08. The molecule has 0 fully saturated rings. The fourth-order valence-corrected chi connectivity index (χ4v) is 0.840. The van der Waals surface area contributed by atoms with E-state index in [0.717, 1.165) is 4.68 Å². The first kappa shape index (κ1) is 8.66. The molecule has 1 rings (SSSR count). The Hall–Kier alpha value is -1.43. The third kappa shape index (κ3) is 1.79. The van der Waals surface area contributed by atoms with Crippen molar-refractivity contribution < 1.29 is 15.0 Å². The van der Waals surface area contributed by atoms with Crippen LogP contribution in [0.3, 0.4) is 0 Å². The lowest BCUT2D eigenvalue weighted by Gasteiger charge is -2.04. The number of aliphatic hydroxyl groups is 1. The molecule has 0 saturated heterocycles. The molecule has 6 heteroatoms. The van der Waals surface area contributed by atoms with E-state index in [2.05, 4.69) is 10.3 Å². The Balaban J connectivity index is 2.84. The summed E-state index contributed by atoms with van der Waals surface area (Å²) in [6.07, 6.45) is 0.590. The molecule has 0 spiro atoms. The Morgan fingerprint density at radius 3 is 3.00 bits per heavy atom. The zero-order chi connectivity index (χ0) is 9.14. The molecule has 2 N–H and O–H groups in total. The third-order valence-electron chi connectivity index (χ3n) is 1.36. The Kier molecular flexibility index (Phi) is 2.39. The van der Waals surface area contributed by atoms with Crippen LogP contribution in [0.4, 0.5) is 0 Å². The van der Waals surface area contributed by atoms with Crippen LogP contribution in [0.25, 0.3) is 0 Å². The van der Waals surface area contributed by atoms with Gasteiger partial charge in [-0.15, -0.1) is 5.10 Å². The molecule has 0 bridgehead atoms. The molecule has 1 atom stereocenters. The monoisotopic (exact) mass is 171 g/mol. The molecule has 0 aliphatic heterocycles. The molecule has 0 aliphatic rings. The lowest BCUT2D eigenvalue weighted by molar-refractivity contribution is -0.138. The quantitative estimate of drug-likeness (QED) is 0.635. The van der Waals surface area contributed by atoms with Crippen molar-refractivity contribution in [2.45, 2.75) is 19.6 Å². The van der Waals surface area contributed by atoms with E-state index in [0.29, 0.717) is 5.69 Å². The van der Waals surface area contributed by atoms with Gasteiger partial charge >= 0.3 is 5.97 Å². The van der Waals surface area contributed by atoms with Crippen LogP contribution in [0, 0.1) is 0 Å². The van der Waals surface area contributed by atoms with Gasteiger partial charge in [-0.2, -0.15) is 0 Å². The van der Waals surface area contributed by atoms with Gasteiger partial charge in [0.05, 0.1) is 18.0 Å². The second-order valence-corrected chi connectivity index (χ2v) is 2.39. The van der Waals surface area contributed by atoms with Gasteiger partial charge < -0.3 is 10.2 Å². The van der Waals surface area contributed by atoms with Crippen LogP contribution in [0.2, 0.25) is 0 Å². The molecule has 1 aromatic heterocycles. The average molecular weight is 171 g/mol. The molecule has 0 aromatic carbocycles. The highest BCUT2D eigenvalue weighted by atomic mass is 16.4. The summed E-state index contributed by atoms with van der Waals surface area (Å²) in [4.78, 5) is 10.3. The summed E-state index contributed by atoms with van der Waals surface area (Å²) < 4.78 is 1.15. The molecule has 0 aliphatic carbocycles. The normalized spacial score (nSPS) is 12.8. The number of hydrogen-bond acceptors (Lipinski definition) is 4. The molecule has 6 nitrogen and oxygen atoms in total. The van der Waals surface area contributed by atoms with Crippen molar-refractivity contribution in [3.63, 3.8) is 0 Å². The van der Waals surface area contributed by atoms with Gasteiger partial charge in [0.15, 0.2) is 0 Å². The molecule has 0 saturated carbocycles. The molecular weight excluding hydrogens is 162 g/mol. The molecular formula is C6H9N3O3. The number of hydrogen-bond donors (Lipinski definition) is 2. The van der Waals surface area contributed by atoms with Gasteiger partial charge in [0.2, 0.25) is 0 Å². The van der Waals surface area contributed by atoms with Crippen LogP contribution in [-0.2, 0) is 11.3 Å². The number of aliphatic carboxylic acids is 1. The molecule has 0 radical (unpaired) electrons. The van der Waals surface area contributed by atoms with E-state index in [-0.39, 0.29) is 6.54 Å². The van der Waals surface area contributed by atoms with Crippen LogP contribution >= 0.6 is 0 Å². The Morgan fingerprint density at radius 2 is 2.50 bits per heavy atom. The predicted octanol–water partition coefficient (Wildman–Crippen LogP) is -0.584. The predicted molar refractivity (Wildman–Crippen MR) is 38.3 cm³/mol. The van der Waals surface area contributed by atoms with E-state index in [4.69, 9.17) is 10.2 Å². The maximum atomic E-state index is 10.3. The van der Waals surface area contributed by atoms with E-state index >= 15 is 0 Å². The molecule has 0 amide bonds. The summed E-state index contributed by atoms with van der Waals surface area (Å²) in [6, 6.07) is 0. The molecule has 12 heavy (non-hydrogen) atoms. The van der Waals surface area contributed by atoms with E-state index in [1.807, 2.05) is 0 Å². The summed E-state index contributed by atoms with van der Waals surface area (Å²) in [5.41, 5.74) is 0.400. The molecule has 66 valence electrons. The van der Waals surface area contributed by atoms with Crippen molar-refractivity contribution in [1.29, 1.82) is 0 Å². The van der Waals surface area contributed by atoms with Gasteiger partial charge in [0.25, 0.3) is 0 Å². The molecule has 1 aromatic rings. The van der Waals surface area contributed by atoms with Gasteiger partial charge in [-0.3, -0.25) is 4.79 Å². The smallest absolute Gasteiger partial charge is 0.325 e. The minimum Gasteiger partial charge on any atom is -0.480 e. The standard InChI is InChI=1S/C6H9N3O3/c1-4(10)5-2-7-8-9(5)3-6(11)12/h2,4,10H,3H2,1H3,(H,11,12)/t4-/m0/s1. The number of carbonyl (C=O) groups is 1. The van der Waals surface area contributed by atoms with Crippen molar-refractivity contribution in [1.82, 2.24) is 15.0 Å². The first-order chi connectivity index (χ1) is 5.61. The fraction of sp³-hybridized carbons (Fsp3) is 0.500. The van der Waals surface area contributed by atoms with E-state index < -0.39 is 12.1 Å². The van der Waals surface area contributed by atoms with Crippen molar-refractivity contribution in [2.24, 2.45) is 0 Å². The van der Waals surface area contributed by atoms with Crippen LogP contribution in [0.5, 0.6) is 0 Å². The van der Waals surface area contributed by atoms with E-state index in [1.165, 1.54) is 13.1 Å². The van der Waals surface area contributed by atoms with Crippen molar-refractivity contribution in [2.75, 3.05) is 0 Å². The average Bonchev–Trinajstić information content (AvgIpc) is 2.33. The Bertz CT molecular complexity index is 281. The van der Waals surface area contributed by atoms with Crippen LogP contribution in [-0.4, -0.2) is 31.2 Å². The number of carboxylic acid groups (broad SMARTS) is 1. The second kappa shape index (κ2) is 3.31. The number of aliphatic hydroxyl groups excluding tert-OH is 1. The van der Waals surface area contributed by atoms with Gasteiger partial charge in [-0.05, 0) is 6.92 Å². The number of nitrogens with zero attached hydrogens (tertiary/aromatic N) is 3. The van der Waals surface area contributed by atoms with Gasteiger partial charge in [0, 0.05) is 0 Å². The topological polar surface area (TPSA) is 88.2 Å². The summed E-state index contributed by atoms with van der Waals surface area (Å²) >= 11 is 0. The number of rotatable bonds is 3. The summed E-state index contributed by atoms with van der Waals surface area (Å²) in [5.74, 6) is -1.01. The fourth-order valence-electron chi connectivity index (χ4n) is 0.840. The first-order valence-electron chi connectivity index (χ1n) is 3.39. The third-order valence-corrected chi connectivity index (χ3v) is 1.36. The first-order valence-corrected chi connectivity index (χ1v) is 3.39.